The van der Waals surface area contributed by atoms with Gasteiger partial charge in [0.1, 0.15) is 5.03 Å². The number of hydrogen-bond donors (Lipinski definition) is 2. The molecule has 2 heterocycles. The van der Waals surface area contributed by atoms with Crippen LogP contribution < -0.4 is 5.32 Å². The van der Waals surface area contributed by atoms with E-state index in [1.54, 1.807) is 24.4 Å². The number of aromatic nitrogens is 3. The van der Waals surface area contributed by atoms with E-state index in [9.17, 15) is 13.6 Å². The Hall–Kier alpha value is -2.48. The van der Waals surface area contributed by atoms with Gasteiger partial charge in [-0.1, -0.05) is 0 Å². The van der Waals surface area contributed by atoms with Crippen molar-refractivity contribution in [2.45, 2.75) is 10.8 Å². The molecule has 2 N–H and O–H groups in total. The minimum atomic E-state index is -2.64. The zero-order valence-electron chi connectivity index (χ0n) is 11.1. The fourth-order valence-electron chi connectivity index (χ4n) is 1.96. The Balaban J connectivity index is 1.84. The second-order valence-corrected chi connectivity index (χ2v) is 5.34. The average Bonchev–Trinajstić information content (AvgIpc) is 2.94. The average molecular weight is 320 g/mol. The molecule has 22 heavy (non-hydrogen) atoms. The van der Waals surface area contributed by atoms with E-state index < -0.39 is 11.7 Å². The van der Waals surface area contributed by atoms with Crippen LogP contribution in [0.1, 0.15) is 10.4 Å². The number of thioether (sulfide) groups is 1. The van der Waals surface area contributed by atoms with Gasteiger partial charge in [-0.25, -0.2) is 4.98 Å². The fraction of sp³-hybridized carbons (Fsp3) is 0.0714. The van der Waals surface area contributed by atoms with E-state index in [0.29, 0.717) is 5.69 Å². The molecular formula is C14H10F2N4OS. The van der Waals surface area contributed by atoms with Crippen LogP contribution in [-0.4, -0.2) is 26.8 Å². The van der Waals surface area contributed by atoms with Crippen LogP contribution in [0.25, 0.3) is 10.9 Å². The Morgan fingerprint density at radius 2 is 2.18 bits per heavy atom. The molecule has 1 aromatic carbocycles. The van der Waals surface area contributed by atoms with Crippen LogP contribution in [0.5, 0.6) is 0 Å². The number of carbonyl (C=O) groups excluding carboxylic acids is 1. The van der Waals surface area contributed by atoms with E-state index in [1.165, 1.54) is 18.3 Å². The summed E-state index contributed by atoms with van der Waals surface area (Å²) in [6.45, 7) is 0. The highest BCUT2D eigenvalue weighted by molar-refractivity contribution is 7.99. The first-order valence-electron chi connectivity index (χ1n) is 6.28. The summed E-state index contributed by atoms with van der Waals surface area (Å²) in [5.41, 5.74) is 1.50. The molecule has 0 radical (unpaired) electrons. The van der Waals surface area contributed by atoms with Gasteiger partial charge in [-0.15, -0.1) is 0 Å². The zero-order chi connectivity index (χ0) is 15.5. The van der Waals surface area contributed by atoms with Crippen LogP contribution in [-0.2, 0) is 0 Å². The maximum absolute atomic E-state index is 12.5. The van der Waals surface area contributed by atoms with E-state index in [-0.39, 0.29) is 22.4 Å². The molecule has 5 nitrogen and oxygen atoms in total. The van der Waals surface area contributed by atoms with Gasteiger partial charge in [0.05, 0.1) is 17.3 Å². The smallest absolute Gasteiger partial charge is 0.290 e. The second-order valence-electron chi connectivity index (χ2n) is 4.36. The summed E-state index contributed by atoms with van der Waals surface area (Å²) >= 11 is 0.248. The summed E-state index contributed by atoms with van der Waals surface area (Å²) in [7, 11) is 0. The highest BCUT2D eigenvalue weighted by Gasteiger charge is 2.16. The van der Waals surface area contributed by atoms with Gasteiger partial charge in [0, 0.05) is 17.3 Å². The third-order valence-electron chi connectivity index (χ3n) is 2.91. The van der Waals surface area contributed by atoms with Crippen molar-refractivity contribution in [3.05, 3.63) is 48.3 Å². The van der Waals surface area contributed by atoms with Crippen LogP contribution in [0.3, 0.4) is 0 Å². The number of alkyl halides is 2. The topological polar surface area (TPSA) is 70.7 Å². The van der Waals surface area contributed by atoms with Crippen LogP contribution in [0.2, 0.25) is 0 Å². The normalized spacial score (nSPS) is 11.0. The van der Waals surface area contributed by atoms with Gasteiger partial charge < -0.3 is 5.32 Å². The molecule has 0 aliphatic rings. The number of pyridine rings is 1. The molecule has 1 amide bonds. The summed E-state index contributed by atoms with van der Waals surface area (Å²) < 4.78 is 25.0. The highest BCUT2D eigenvalue weighted by atomic mass is 32.2. The molecule has 0 bridgehead atoms. The number of benzene rings is 1. The van der Waals surface area contributed by atoms with Crippen molar-refractivity contribution in [1.29, 1.82) is 0 Å². The lowest BCUT2D eigenvalue weighted by atomic mass is 10.2. The van der Waals surface area contributed by atoms with Crippen LogP contribution in [0, 0.1) is 0 Å². The number of H-pyrrole nitrogens is 1. The Kier molecular flexibility index (Phi) is 4.01. The second kappa shape index (κ2) is 6.10. The zero-order valence-corrected chi connectivity index (χ0v) is 11.9. The first-order valence-corrected chi connectivity index (χ1v) is 7.16. The standard InChI is InChI=1S/C14H10F2N4OS/c15-14(16)22-13-10(2-1-5-17-13)12(21)19-9-3-4-11-8(6-9)7-18-20-11/h1-7,14H,(H,18,20)(H,19,21). The molecule has 112 valence electrons. The lowest BCUT2D eigenvalue weighted by molar-refractivity contribution is 0.102. The summed E-state index contributed by atoms with van der Waals surface area (Å²) in [6, 6.07) is 8.21. The Morgan fingerprint density at radius 1 is 1.32 bits per heavy atom. The van der Waals surface area contributed by atoms with Crippen LogP contribution in [0.15, 0.2) is 47.8 Å². The molecule has 0 aliphatic heterocycles. The first-order chi connectivity index (χ1) is 10.6. The number of carbonyl (C=O) groups is 1. The predicted molar refractivity (Wildman–Crippen MR) is 80.1 cm³/mol. The maximum Gasteiger partial charge on any atom is 0.290 e. The molecule has 0 aliphatic carbocycles. The van der Waals surface area contributed by atoms with Crippen LogP contribution in [0.4, 0.5) is 14.5 Å². The molecular weight excluding hydrogens is 310 g/mol. The number of rotatable bonds is 4. The molecule has 3 aromatic rings. The number of amides is 1. The van der Waals surface area contributed by atoms with Crippen LogP contribution >= 0.6 is 11.8 Å². The number of aromatic amines is 1. The lowest BCUT2D eigenvalue weighted by Crippen LogP contribution is -2.13. The number of fused-ring (bicyclic) bond motifs is 1. The third-order valence-corrected chi connectivity index (χ3v) is 3.64. The van der Waals surface area contributed by atoms with Gasteiger partial charge in [0.25, 0.3) is 11.7 Å². The number of anilines is 1. The number of nitrogens with zero attached hydrogens (tertiary/aromatic N) is 2. The Labute approximate surface area is 128 Å². The van der Waals surface area contributed by atoms with Gasteiger partial charge in [-0.2, -0.15) is 13.9 Å². The largest absolute Gasteiger partial charge is 0.322 e. The number of hydrogen-bond acceptors (Lipinski definition) is 4. The quantitative estimate of drug-likeness (QED) is 0.722. The summed E-state index contributed by atoms with van der Waals surface area (Å²) in [5, 5.41) is 10.2. The van der Waals surface area contributed by atoms with Gasteiger partial charge in [0.15, 0.2) is 0 Å². The van der Waals surface area contributed by atoms with E-state index >= 15 is 0 Å². The Morgan fingerprint density at radius 3 is 3.00 bits per heavy atom. The van der Waals surface area contributed by atoms with Gasteiger partial charge in [-0.3, -0.25) is 9.89 Å². The van der Waals surface area contributed by atoms with Crippen molar-refractivity contribution in [1.82, 2.24) is 15.2 Å². The molecule has 2 aromatic heterocycles. The van der Waals surface area contributed by atoms with Gasteiger partial charge >= 0.3 is 0 Å². The van der Waals surface area contributed by atoms with Gasteiger partial charge in [-0.05, 0) is 42.1 Å². The third kappa shape index (κ3) is 3.06. The monoisotopic (exact) mass is 320 g/mol. The van der Waals surface area contributed by atoms with E-state index in [1.807, 2.05) is 0 Å². The van der Waals surface area contributed by atoms with Gasteiger partial charge in [0.2, 0.25) is 0 Å². The molecule has 0 saturated carbocycles. The molecule has 0 spiro atoms. The lowest BCUT2D eigenvalue weighted by Gasteiger charge is -2.08. The number of nitrogens with one attached hydrogen (secondary N) is 2. The summed E-state index contributed by atoms with van der Waals surface area (Å²) in [6.07, 6.45) is 3.01. The number of halogens is 2. The summed E-state index contributed by atoms with van der Waals surface area (Å²) in [5.74, 6) is -3.12. The van der Waals surface area contributed by atoms with Crippen molar-refractivity contribution in [3.8, 4) is 0 Å². The van der Waals surface area contributed by atoms with Crippen molar-refractivity contribution >= 4 is 34.3 Å². The molecule has 3 rings (SSSR count). The highest BCUT2D eigenvalue weighted by Crippen LogP contribution is 2.27. The molecule has 0 fully saturated rings. The first kappa shape index (κ1) is 14.5. The molecule has 0 unspecified atom stereocenters. The fourth-order valence-corrected chi connectivity index (χ4v) is 2.54. The summed E-state index contributed by atoms with van der Waals surface area (Å²) in [4.78, 5) is 16.1. The molecule has 0 saturated heterocycles. The Bertz CT molecular complexity index is 821. The maximum atomic E-state index is 12.5. The van der Waals surface area contributed by atoms with Crippen molar-refractivity contribution < 1.29 is 13.6 Å². The molecule has 0 atom stereocenters. The van der Waals surface area contributed by atoms with E-state index in [2.05, 4.69) is 20.5 Å². The minimum absolute atomic E-state index is 0.000566. The van der Waals surface area contributed by atoms with Crippen molar-refractivity contribution in [3.63, 3.8) is 0 Å². The predicted octanol–water partition coefficient (Wildman–Crippen LogP) is 3.52. The van der Waals surface area contributed by atoms with Crippen molar-refractivity contribution in [2.75, 3.05) is 5.32 Å². The van der Waals surface area contributed by atoms with Crippen molar-refractivity contribution in [2.24, 2.45) is 0 Å². The minimum Gasteiger partial charge on any atom is -0.322 e. The SMILES string of the molecule is O=C(Nc1ccc2[nH]ncc2c1)c1cccnc1SC(F)F. The van der Waals surface area contributed by atoms with E-state index in [4.69, 9.17) is 0 Å². The molecule has 8 heteroatoms. The van der Waals surface area contributed by atoms with E-state index in [0.717, 1.165) is 10.9 Å².